The highest BCUT2D eigenvalue weighted by Crippen LogP contribution is 2.27. The predicted molar refractivity (Wildman–Crippen MR) is 83.7 cm³/mol. The van der Waals surface area contributed by atoms with E-state index >= 15 is 0 Å². The predicted octanol–water partition coefficient (Wildman–Crippen LogP) is 1.29. The molecule has 1 fully saturated rings. The van der Waals surface area contributed by atoms with Crippen molar-refractivity contribution in [2.45, 2.75) is 19.4 Å². The Morgan fingerprint density at radius 2 is 2.15 bits per heavy atom. The maximum Gasteiger partial charge on any atom is 0.241 e. The number of piperazine rings is 1. The molecular formula is C15H22ClN3O. The summed E-state index contributed by atoms with van der Waals surface area (Å²) < 4.78 is 0. The Morgan fingerprint density at radius 1 is 1.35 bits per heavy atom. The summed E-state index contributed by atoms with van der Waals surface area (Å²) in [7, 11) is 0. The first-order chi connectivity index (χ1) is 9.24. The molecule has 0 aromatic heterocycles. The van der Waals surface area contributed by atoms with Crippen molar-refractivity contribution in [2.75, 3.05) is 37.6 Å². The summed E-state index contributed by atoms with van der Waals surface area (Å²) in [5, 5.41) is 3.40. The third-order valence-electron chi connectivity index (χ3n) is 4.00. The van der Waals surface area contributed by atoms with Gasteiger partial charge in [-0.2, -0.15) is 0 Å². The first kappa shape index (κ1) is 15.3. The fourth-order valence-corrected chi connectivity index (χ4v) is 3.03. The molecule has 0 bridgehead atoms. The number of benzene rings is 1. The minimum Gasteiger partial charge on any atom is -0.312 e. The topological polar surface area (TPSA) is 35.6 Å². The molecule has 20 heavy (non-hydrogen) atoms. The van der Waals surface area contributed by atoms with E-state index in [0.29, 0.717) is 12.6 Å². The standard InChI is InChI=1S/C15H21N3O.ClH/c1-12-10-17(9-7-16-12)11-15(19)18-8-6-13-4-2-3-5-14(13)18;/h2-5,12,16H,6-11H2,1H3;1H. The first-order valence-electron chi connectivity index (χ1n) is 7.08. The lowest BCUT2D eigenvalue weighted by atomic mass is 10.2. The highest BCUT2D eigenvalue weighted by atomic mass is 35.5. The Morgan fingerprint density at radius 3 is 2.95 bits per heavy atom. The highest BCUT2D eigenvalue weighted by molar-refractivity contribution is 5.96. The number of para-hydroxylation sites is 1. The van der Waals surface area contributed by atoms with E-state index in [1.165, 1.54) is 5.56 Å². The molecule has 1 amide bonds. The van der Waals surface area contributed by atoms with Crippen LogP contribution in [0.2, 0.25) is 0 Å². The fraction of sp³-hybridized carbons (Fsp3) is 0.533. The van der Waals surface area contributed by atoms with Gasteiger partial charge in [0.05, 0.1) is 6.54 Å². The number of rotatable bonds is 2. The van der Waals surface area contributed by atoms with Crippen LogP contribution >= 0.6 is 12.4 Å². The van der Waals surface area contributed by atoms with E-state index in [1.807, 2.05) is 17.0 Å². The molecule has 1 atom stereocenters. The number of fused-ring (bicyclic) bond motifs is 1. The zero-order valence-electron chi connectivity index (χ0n) is 11.8. The van der Waals surface area contributed by atoms with Gasteiger partial charge in [-0.15, -0.1) is 12.4 Å². The van der Waals surface area contributed by atoms with Gasteiger partial charge >= 0.3 is 0 Å². The molecule has 1 unspecified atom stereocenters. The van der Waals surface area contributed by atoms with Gasteiger partial charge in [-0.3, -0.25) is 9.69 Å². The van der Waals surface area contributed by atoms with Gasteiger partial charge in [-0.25, -0.2) is 0 Å². The lowest BCUT2D eigenvalue weighted by molar-refractivity contribution is -0.119. The van der Waals surface area contributed by atoms with Gasteiger partial charge in [0.25, 0.3) is 0 Å². The SMILES string of the molecule is CC1CN(CC(=O)N2CCc3ccccc32)CCN1.Cl. The van der Waals surface area contributed by atoms with E-state index in [-0.39, 0.29) is 18.3 Å². The minimum atomic E-state index is 0. The number of carbonyl (C=O) groups is 1. The third-order valence-corrected chi connectivity index (χ3v) is 4.00. The average molecular weight is 296 g/mol. The number of nitrogens with zero attached hydrogens (tertiary/aromatic N) is 2. The van der Waals surface area contributed by atoms with E-state index < -0.39 is 0 Å². The van der Waals surface area contributed by atoms with Crippen molar-refractivity contribution in [1.29, 1.82) is 0 Å². The Hall–Kier alpha value is -1.10. The van der Waals surface area contributed by atoms with Crippen LogP contribution in [0.15, 0.2) is 24.3 Å². The second-order valence-corrected chi connectivity index (χ2v) is 5.51. The lowest BCUT2D eigenvalue weighted by Gasteiger charge is -2.32. The normalized spacial score (nSPS) is 22.2. The second-order valence-electron chi connectivity index (χ2n) is 5.51. The van der Waals surface area contributed by atoms with Crippen LogP contribution in [0, 0.1) is 0 Å². The van der Waals surface area contributed by atoms with Crippen LogP contribution in [0.25, 0.3) is 0 Å². The minimum absolute atomic E-state index is 0. The van der Waals surface area contributed by atoms with Gasteiger partial charge in [-0.1, -0.05) is 18.2 Å². The third kappa shape index (κ3) is 3.14. The van der Waals surface area contributed by atoms with Crippen LogP contribution in [-0.4, -0.2) is 49.6 Å². The summed E-state index contributed by atoms with van der Waals surface area (Å²) in [5.74, 6) is 0.235. The first-order valence-corrected chi connectivity index (χ1v) is 7.08. The van der Waals surface area contributed by atoms with Gasteiger partial charge in [-0.05, 0) is 25.0 Å². The summed E-state index contributed by atoms with van der Waals surface area (Å²) in [6, 6.07) is 8.71. The maximum absolute atomic E-state index is 12.4. The molecule has 2 aliphatic heterocycles. The van der Waals surface area contributed by atoms with Crippen molar-refractivity contribution >= 4 is 24.0 Å². The molecule has 0 aliphatic carbocycles. The molecule has 2 heterocycles. The molecule has 2 aliphatic rings. The van der Waals surface area contributed by atoms with Crippen LogP contribution in [0.4, 0.5) is 5.69 Å². The molecular weight excluding hydrogens is 274 g/mol. The molecule has 110 valence electrons. The van der Waals surface area contributed by atoms with Gasteiger partial charge in [0.15, 0.2) is 0 Å². The maximum atomic E-state index is 12.4. The summed E-state index contributed by atoms with van der Waals surface area (Å²) in [6.07, 6.45) is 0.986. The van der Waals surface area contributed by atoms with Crippen LogP contribution in [0.3, 0.4) is 0 Å². The van der Waals surface area contributed by atoms with E-state index in [1.54, 1.807) is 0 Å². The van der Waals surface area contributed by atoms with E-state index in [0.717, 1.165) is 38.3 Å². The molecule has 0 radical (unpaired) electrons. The van der Waals surface area contributed by atoms with Crippen LogP contribution in [-0.2, 0) is 11.2 Å². The highest BCUT2D eigenvalue weighted by Gasteiger charge is 2.26. The molecule has 1 N–H and O–H groups in total. The summed E-state index contributed by atoms with van der Waals surface area (Å²) in [6.45, 7) is 6.44. The van der Waals surface area contributed by atoms with Crippen LogP contribution in [0.1, 0.15) is 12.5 Å². The monoisotopic (exact) mass is 295 g/mol. The molecule has 1 aromatic carbocycles. The summed E-state index contributed by atoms with van der Waals surface area (Å²) in [5.41, 5.74) is 2.40. The average Bonchev–Trinajstić information content (AvgIpc) is 2.82. The Bertz CT molecular complexity index is 480. The van der Waals surface area contributed by atoms with Crippen molar-refractivity contribution in [2.24, 2.45) is 0 Å². The van der Waals surface area contributed by atoms with Crippen LogP contribution < -0.4 is 10.2 Å². The molecule has 1 aromatic rings. The Kier molecular flexibility index (Phi) is 5.02. The largest absolute Gasteiger partial charge is 0.312 e. The van der Waals surface area contributed by atoms with Gasteiger partial charge in [0.1, 0.15) is 0 Å². The molecule has 0 saturated carbocycles. The van der Waals surface area contributed by atoms with Crippen molar-refractivity contribution in [3.8, 4) is 0 Å². The smallest absolute Gasteiger partial charge is 0.241 e. The number of nitrogens with one attached hydrogen (secondary N) is 1. The van der Waals surface area contributed by atoms with E-state index in [2.05, 4.69) is 29.3 Å². The van der Waals surface area contributed by atoms with Gasteiger partial charge in [0.2, 0.25) is 5.91 Å². The summed E-state index contributed by atoms with van der Waals surface area (Å²) in [4.78, 5) is 16.6. The molecule has 1 saturated heterocycles. The Labute approximate surface area is 126 Å². The number of carbonyl (C=O) groups excluding carboxylic acids is 1. The second kappa shape index (κ2) is 6.57. The number of halogens is 1. The van der Waals surface area contributed by atoms with Gasteiger partial charge in [0, 0.05) is 37.9 Å². The molecule has 3 rings (SSSR count). The zero-order chi connectivity index (χ0) is 13.2. The molecule has 5 heteroatoms. The van der Waals surface area contributed by atoms with Crippen molar-refractivity contribution in [3.63, 3.8) is 0 Å². The van der Waals surface area contributed by atoms with Crippen LogP contribution in [0.5, 0.6) is 0 Å². The number of hydrogen-bond acceptors (Lipinski definition) is 3. The van der Waals surface area contributed by atoms with E-state index in [9.17, 15) is 4.79 Å². The zero-order valence-corrected chi connectivity index (χ0v) is 12.7. The van der Waals surface area contributed by atoms with Gasteiger partial charge < -0.3 is 10.2 Å². The fourth-order valence-electron chi connectivity index (χ4n) is 3.03. The van der Waals surface area contributed by atoms with E-state index in [4.69, 9.17) is 0 Å². The number of amides is 1. The summed E-state index contributed by atoms with van der Waals surface area (Å²) >= 11 is 0. The number of hydrogen-bond donors (Lipinski definition) is 1. The number of anilines is 1. The molecule has 4 nitrogen and oxygen atoms in total. The van der Waals surface area contributed by atoms with Crippen molar-refractivity contribution in [1.82, 2.24) is 10.2 Å². The Balaban J connectivity index is 0.00000147. The lowest BCUT2D eigenvalue weighted by Crippen LogP contribution is -2.52. The van der Waals surface area contributed by atoms with Crippen molar-refractivity contribution in [3.05, 3.63) is 29.8 Å². The molecule has 0 spiro atoms. The quantitative estimate of drug-likeness (QED) is 0.893. The van der Waals surface area contributed by atoms with Crippen molar-refractivity contribution < 1.29 is 4.79 Å².